The van der Waals surface area contributed by atoms with E-state index in [0.29, 0.717) is 11.1 Å². The summed E-state index contributed by atoms with van der Waals surface area (Å²) in [5, 5.41) is 0.703. The van der Waals surface area contributed by atoms with Crippen LogP contribution in [-0.2, 0) is 0 Å². The highest BCUT2D eigenvalue weighted by Gasteiger charge is 2.25. The summed E-state index contributed by atoms with van der Waals surface area (Å²) >= 11 is 5.85. The Kier molecular flexibility index (Phi) is 3.70. The third-order valence-corrected chi connectivity index (χ3v) is 3.86. The zero-order valence-corrected chi connectivity index (χ0v) is 10.7. The molecular weight excluding hydrogens is 220 g/mol. The second kappa shape index (κ2) is 5.05. The molecule has 3 heteroatoms. The van der Waals surface area contributed by atoms with E-state index in [0.717, 1.165) is 11.7 Å². The van der Waals surface area contributed by atoms with Crippen LogP contribution in [0.5, 0.6) is 0 Å². The molecule has 16 heavy (non-hydrogen) atoms. The molecule has 0 N–H and O–H groups in total. The molecule has 1 aliphatic carbocycles. The lowest BCUT2D eigenvalue weighted by Gasteiger charge is -2.37. The van der Waals surface area contributed by atoms with E-state index in [4.69, 9.17) is 11.6 Å². The van der Waals surface area contributed by atoms with Crippen molar-refractivity contribution in [2.24, 2.45) is 5.92 Å². The zero-order chi connectivity index (χ0) is 11.5. The van der Waals surface area contributed by atoms with Gasteiger partial charge in [0.15, 0.2) is 0 Å². The molecule has 1 aromatic rings. The molecule has 88 valence electrons. The molecule has 0 saturated heterocycles. The highest BCUT2D eigenvalue weighted by Crippen LogP contribution is 2.29. The lowest BCUT2D eigenvalue weighted by Crippen LogP contribution is -2.39. The Morgan fingerprint density at radius 1 is 1.31 bits per heavy atom. The molecule has 2 nitrogen and oxygen atoms in total. The number of nitrogens with zero attached hydrogens (tertiary/aromatic N) is 2. The van der Waals surface area contributed by atoms with Gasteiger partial charge in [0.1, 0.15) is 5.82 Å². The Bertz CT molecular complexity index is 336. The molecule has 2 rings (SSSR count). The third kappa shape index (κ3) is 2.49. The number of rotatable bonds is 2. The van der Waals surface area contributed by atoms with Crippen LogP contribution in [0, 0.1) is 5.92 Å². The van der Waals surface area contributed by atoms with Gasteiger partial charge in [-0.05, 0) is 30.9 Å². The van der Waals surface area contributed by atoms with E-state index >= 15 is 0 Å². The first-order valence-electron chi connectivity index (χ1n) is 6.03. The maximum Gasteiger partial charge on any atom is 0.128 e. The van der Waals surface area contributed by atoms with E-state index in [9.17, 15) is 0 Å². The van der Waals surface area contributed by atoms with Gasteiger partial charge in [0.25, 0.3) is 0 Å². The van der Waals surface area contributed by atoms with Crippen LogP contribution in [0.1, 0.15) is 32.6 Å². The second-order valence-corrected chi connectivity index (χ2v) is 5.21. The van der Waals surface area contributed by atoms with Crippen molar-refractivity contribution in [2.75, 3.05) is 11.9 Å². The summed E-state index contributed by atoms with van der Waals surface area (Å²) in [6, 6.07) is 4.54. The molecule has 0 amide bonds. The standard InChI is InChI=1S/C13H19ClN2/c1-10-5-3-4-6-12(10)16(2)13-8-7-11(14)9-15-13/h7-10,12H,3-6H2,1-2H3. The smallest absolute Gasteiger partial charge is 0.128 e. The minimum atomic E-state index is 0.627. The van der Waals surface area contributed by atoms with Crippen molar-refractivity contribution in [2.45, 2.75) is 38.6 Å². The third-order valence-electron chi connectivity index (χ3n) is 3.64. The van der Waals surface area contributed by atoms with E-state index in [1.807, 2.05) is 12.1 Å². The van der Waals surface area contributed by atoms with Crippen LogP contribution in [0.2, 0.25) is 5.02 Å². The fourth-order valence-electron chi connectivity index (χ4n) is 2.62. The first-order valence-corrected chi connectivity index (χ1v) is 6.40. The molecule has 0 spiro atoms. The minimum absolute atomic E-state index is 0.627. The van der Waals surface area contributed by atoms with Crippen molar-refractivity contribution in [3.8, 4) is 0 Å². The highest BCUT2D eigenvalue weighted by atomic mass is 35.5. The van der Waals surface area contributed by atoms with Crippen molar-refractivity contribution in [1.29, 1.82) is 0 Å². The average Bonchev–Trinajstić information content (AvgIpc) is 2.30. The molecule has 1 saturated carbocycles. The molecule has 0 aliphatic heterocycles. The van der Waals surface area contributed by atoms with Gasteiger partial charge in [-0.1, -0.05) is 31.4 Å². The lowest BCUT2D eigenvalue weighted by molar-refractivity contribution is 0.320. The van der Waals surface area contributed by atoms with E-state index in [2.05, 4.69) is 23.9 Å². The van der Waals surface area contributed by atoms with Crippen LogP contribution >= 0.6 is 11.6 Å². The van der Waals surface area contributed by atoms with E-state index in [1.165, 1.54) is 25.7 Å². The fourth-order valence-corrected chi connectivity index (χ4v) is 2.73. The van der Waals surface area contributed by atoms with Gasteiger partial charge in [-0.25, -0.2) is 4.98 Å². The molecule has 1 aromatic heterocycles. The summed E-state index contributed by atoms with van der Waals surface area (Å²) in [6.45, 7) is 2.34. The van der Waals surface area contributed by atoms with Crippen molar-refractivity contribution in [3.05, 3.63) is 23.4 Å². The summed E-state index contributed by atoms with van der Waals surface area (Å²) in [5.41, 5.74) is 0. The van der Waals surface area contributed by atoms with Crippen LogP contribution in [0.4, 0.5) is 5.82 Å². The van der Waals surface area contributed by atoms with E-state index in [-0.39, 0.29) is 0 Å². The predicted octanol–water partition coefficient (Wildman–Crippen LogP) is 3.75. The van der Waals surface area contributed by atoms with E-state index in [1.54, 1.807) is 6.20 Å². The van der Waals surface area contributed by atoms with Crippen LogP contribution in [0.15, 0.2) is 18.3 Å². The first kappa shape index (κ1) is 11.7. The molecule has 0 bridgehead atoms. The molecule has 2 atom stereocenters. The van der Waals surface area contributed by atoms with Gasteiger partial charge in [-0.3, -0.25) is 0 Å². The maximum atomic E-state index is 5.85. The maximum absolute atomic E-state index is 5.85. The second-order valence-electron chi connectivity index (χ2n) is 4.77. The molecular formula is C13H19ClN2. The Morgan fingerprint density at radius 2 is 2.06 bits per heavy atom. The quantitative estimate of drug-likeness (QED) is 0.780. The van der Waals surface area contributed by atoms with Gasteiger partial charge < -0.3 is 4.90 Å². The zero-order valence-electron chi connectivity index (χ0n) is 9.99. The molecule has 2 unspecified atom stereocenters. The summed E-state index contributed by atoms with van der Waals surface area (Å²) in [7, 11) is 2.14. The Morgan fingerprint density at radius 3 is 2.69 bits per heavy atom. The number of aromatic nitrogens is 1. The Hall–Kier alpha value is -0.760. The van der Waals surface area contributed by atoms with Gasteiger partial charge in [-0.15, -0.1) is 0 Å². The van der Waals surface area contributed by atoms with Gasteiger partial charge in [0.2, 0.25) is 0 Å². The van der Waals surface area contributed by atoms with E-state index < -0.39 is 0 Å². The fraction of sp³-hybridized carbons (Fsp3) is 0.615. The topological polar surface area (TPSA) is 16.1 Å². The van der Waals surface area contributed by atoms with Crippen molar-refractivity contribution < 1.29 is 0 Å². The predicted molar refractivity (Wildman–Crippen MR) is 69.1 cm³/mol. The van der Waals surface area contributed by atoms with Crippen LogP contribution in [-0.4, -0.2) is 18.1 Å². The Labute approximate surface area is 103 Å². The largest absolute Gasteiger partial charge is 0.356 e. The van der Waals surface area contributed by atoms with Crippen molar-refractivity contribution in [3.63, 3.8) is 0 Å². The molecule has 0 radical (unpaired) electrons. The van der Waals surface area contributed by atoms with Gasteiger partial charge >= 0.3 is 0 Å². The van der Waals surface area contributed by atoms with Crippen molar-refractivity contribution in [1.82, 2.24) is 4.98 Å². The van der Waals surface area contributed by atoms with Crippen LogP contribution in [0.3, 0.4) is 0 Å². The normalized spacial score (nSPS) is 25.4. The SMILES string of the molecule is CC1CCCCC1N(C)c1ccc(Cl)cn1. The molecule has 0 aromatic carbocycles. The number of anilines is 1. The summed E-state index contributed by atoms with van der Waals surface area (Å²) in [6.07, 6.45) is 7.05. The van der Waals surface area contributed by atoms with Gasteiger partial charge in [-0.2, -0.15) is 0 Å². The first-order chi connectivity index (χ1) is 7.68. The lowest BCUT2D eigenvalue weighted by atomic mass is 9.85. The van der Waals surface area contributed by atoms with Crippen LogP contribution in [0.25, 0.3) is 0 Å². The summed E-state index contributed by atoms with van der Waals surface area (Å²) < 4.78 is 0. The van der Waals surface area contributed by atoms with Gasteiger partial charge in [0.05, 0.1) is 5.02 Å². The molecule has 1 heterocycles. The van der Waals surface area contributed by atoms with Crippen LogP contribution < -0.4 is 4.90 Å². The number of halogens is 1. The summed E-state index contributed by atoms with van der Waals surface area (Å²) in [4.78, 5) is 6.69. The Balaban J connectivity index is 2.11. The molecule has 1 aliphatic rings. The monoisotopic (exact) mass is 238 g/mol. The number of hydrogen-bond acceptors (Lipinski definition) is 2. The van der Waals surface area contributed by atoms with Gasteiger partial charge in [0, 0.05) is 19.3 Å². The number of hydrogen-bond donors (Lipinski definition) is 0. The number of pyridine rings is 1. The van der Waals surface area contributed by atoms with Crippen molar-refractivity contribution >= 4 is 17.4 Å². The average molecular weight is 239 g/mol. The molecule has 1 fully saturated rings. The highest BCUT2D eigenvalue weighted by molar-refractivity contribution is 6.30. The minimum Gasteiger partial charge on any atom is -0.356 e. The summed E-state index contributed by atoms with van der Waals surface area (Å²) in [5.74, 6) is 1.79.